The van der Waals surface area contributed by atoms with Crippen LogP contribution in [0.25, 0.3) is 10.9 Å². The molecule has 2 heterocycles. The molecule has 4 N–H and O–H groups in total. The highest BCUT2D eigenvalue weighted by molar-refractivity contribution is 5.96. The van der Waals surface area contributed by atoms with Crippen molar-refractivity contribution >= 4 is 29.0 Å². The van der Waals surface area contributed by atoms with Gasteiger partial charge in [-0.3, -0.25) is 14.4 Å². The molecule has 1 aromatic heterocycles. The summed E-state index contributed by atoms with van der Waals surface area (Å²) in [6, 6.07) is 12.1. The van der Waals surface area contributed by atoms with Crippen molar-refractivity contribution in [3.8, 4) is 11.5 Å². The van der Waals surface area contributed by atoms with E-state index in [1.165, 1.54) is 18.1 Å². The van der Waals surface area contributed by atoms with Crippen LogP contribution in [0, 0.1) is 0 Å². The number of aromatic nitrogens is 1. The molecule has 11 nitrogen and oxygen atoms in total. The average Bonchev–Trinajstić information content (AvgIpc) is 3.61. The molecule has 0 bridgehead atoms. The minimum atomic E-state index is -1.23. The minimum absolute atomic E-state index is 0.0135. The summed E-state index contributed by atoms with van der Waals surface area (Å²) in [5, 5.41) is 24.8. The van der Waals surface area contributed by atoms with E-state index in [-0.39, 0.29) is 37.8 Å². The summed E-state index contributed by atoms with van der Waals surface area (Å²) in [6.45, 7) is 1.90. The van der Waals surface area contributed by atoms with Crippen molar-refractivity contribution in [3.63, 3.8) is 0 Å². The van der Waals surface area contributed by atoms with Gasteiger partial charge in [0.2, 0.25) is 11.8 Å². The molecule has 222 valence electrons. The SMILES string of the molecule is CCOCC(=O)N(CCc1cc2ccccc2[nH]1)C1C=C(C(=O)NCCO)C2c3cc(C=O)cc(OC)c3OC2C1O. The highest BCUT2D eigenvalue weighted by atomic mass is 16.5. The van der Waals surface area contributed by atoms with Crippen molar-refractivity contribution in [2.45, 2.75) is 37.5 Å². The number of benzene rings is 2. The lowest BCUT2D eigenvalue weighted by atomic mass is 9.77. The number of ether oxygens (including phenoxy) is 3. The molecule has 0 radical (unpaired) electrons. The van der Waals surface area contributed by atoms with E-state index in [4.69, 9.17) is 14.2 Å². The first kappa shape index (κ1) is 29.3. The van der Waals surface area contributed by atoms with Crippen LogP contribution in [0.4, 0.5) is 0 Å². The molecule has 0 saturated heterocycles. The van der Waals surface area contributed by atoms with E-state index in [0.717, 1.165) is 16.6 Å². The molecule has 42 heavy (non-hydrogen) atoms. The molecule has 1 aliphatic carbocycles. The zero-order valence-electron chi connectivity index (χ0n) is 23.5. The summed E-state index contributed by atoms with van der Waals surface area (Å²) < 4.78 is 17.1. The number of nitrogens with one attached hydrogen (secondary N) is 2. The van der Waals surface area contributed by atoms with Gasteiger partial charge in [0.1, 0.15) is 25.1 Å². The fourth-order valence-electron chi connectivity index (χ4n) is 5.78. The minimum Gasteiger partial charge on any atom is -0.493 e. The maximum Gasteiger partial charge on any atom is 0.249 e. The van der Waals surface area contributed by atoms with Crippen LogP contribution in [-0.4, -0.2) is 96.5 Å². The van der Waals surface area contributed by atoms with Crippen molar-refractivity contribution in [1.29, 1.82) is 0 Å². The number of hydrogen-bond acceptors (Lipinski definition) is 8. The molecule has 4 atom stereocenters. The molecule has 2 aromatic carbocycles. The van der Waals surface area contributed by atoms with Crippen LogP contribution in [0.2, 0.25) is 0 Å². The number of aliphatic hydroxyl groups excluding tert-OH is 2. The van der Waals surface area contributed by atoms with Gasteiger partial charge in [-0.1, -0.05) is 18.2 Å². The van der Waals surface area contributed by atoms with Gasteiger partial charge in [0.15, 0.2) is 11.5 Å². The molecular weight excluding hydrogens is 542 g/mol. The number of carbonyl (C=O) groups is 3. The van der Waals surface area contributed by atoms with Crippen LogP contribution in [0.1, 0.15) is 34.5 Å². The normalized spacial score (nSPS) is 20.7. The number of methoxy groups -OCH3 is 1. The number of nitrogens with zero attached hydrogens (tertiary/aromatic N) is 1. The lowest BCUT2D eigenvalue weighted by molar-refractivity contribution is -0.141. The Hall–Kier alpha value is -4.19. The number of amides is 2. The second kappa shape index (κ2) is 12.8. The summed E-state index contributed by atoms with van der Waals surface area (Å²) in [5.74, 6) is -0.944. The second-order valence-electron chi connectivity index (χ2n) is 10.3. The Morgan fingerprint density at radius 3 is 2.74 bits per heavy atom. The topological polar surface area (TPSA) is 150 Å². The van der Waals surface area contributed by atoms with Crippen LogP contribution >= 0.6 is 0 Å². The third kappa shape index (κ3) is 5.63. The molecule has 0 saturated carbocycles. The van der Waals surface area contributed by atoms with Crippen LogP contribution in [0.3, 0.4) is 0 Å². The van der Waals surface area contributed by atoms with Crippen LogP contribution in [0.5, 0.6) is 11.5 Å². The van der Waals surface area contributed by atoms with E-state index >= 15 is 0 Å². The van der Waals surface area contributed by atoms with Gasteiger partial charge >= 0.3 is 0 Å². The van der Waals surface area contributed by atoms with Crippen LogP contribution < -0.4 is 14.8 Å². The number of aromatic amines is 1. The molecule has 2 aliphatic rings. The fraction of sp³-hybridized carbons (Fsp3) is 0.387. The quantitative estimate of drug-likeness (QED) is 0.238. The maximum absolute atomic E-state index is 13.5. The van der Waals surface area contributed by atoms with Crippen molar-refractivity contribution < 1.29 is 38.8 Å². The molecule has 3 aromatic rings. The van der Waals surface area contributed by atoms with Gasteiger partial charge < -0.3 is 39.6 Å². The smallest absolute Gasteiger partial charge is 0.249 e. The average molecular weight is 578 g/mol. The van der Waals surface area contributed by atoms with Gasteiger partial charge in [-0.05, 0) is 42.7 Å². The highest BCUT2D eigenvalue weighted by Gasteiger charge is 2.51. The van der Waals surface area contributed by atoms with Crippen LogP contribution in [0.15, 0.2) is 54.1 Å². The number of rotatable bonds is 12. The maximum atomic E-state index is 13.5. The summed E-state index contributed by atoms with van der Waals surface area (Å²) in [6.07, 6.45) is 0.546. The summed E-state index contributed by atoms with van der Waals surface area (Å²) in [4.78, 5) is 43.5. The molecule has 4 unspecified atom stereocenters. The monoisotopic (exact) mass is 577 g/mol. The van der Waals surface area contributed by atoms with Gasteiger partial charge in [0.05, 0.1) is 25.7 Å². The largest absolute Gasteiger partial charge is 0.493 e. The Kier molecular flexibility index (Phi) is 8.91. The van der Waals surface area contributed by atoms with Gasteiger partial charge in [-0.25, -0.2) is 0 Å². The summed E-state index contributed by atoms with van der Waals surface area (Å²) in [7, 11) is 1.44. The lowest BCUT2D eigenvalue weighted by Gasteiger charge is -2.40. The van der Waals surface area contributed by atoms with Gasteiger partial charge in [0, 0.05) is 54.0 Å². The van der Waals surface area contributed by atoms with Crippen molar-refractivity contribution in [2.75, 3.05) is 40.0 Å². The second-order valence-corrected chi connectivity index (χ2v) is 10.3. The number of hydrogen-bond donors (Lipinski definition) is 4. The van der Waals surface area contributed by atoms with E-state index in [1.807, 2.05) is 30.3 Å². The van der Waals surface area contributed by atoms with Crippen molar-refractivity contribution in [2.24, 2.45) is 0 Å². The molecule has 5 rings (SSSR count). The molecular formula is C31H35N3O8. The van der Waals surface area contributed by atoms with Gasteiger partial charge in [0.25, 0.3) is 0 Å². The molecule has 11 heteroatoms. The Morgan fingerprint density at radius 1 is 1.21 bits per heavy atom. The van der Waals surface area contributed by atoms with E-state index in [1.54, 1.807) is 19.1 Å². The molecule has 2 amide bonds. The van der Waals surface area contributed by atoms with E-state index in [0.29, 0.717) is 41.9 Å². The predicted molar refractivity (Wildman–Crippen MR) is 154 cm³/mol. The van der Waals surface area contributed by atoms with E-state index in [2.05, 4.69) is 10.3 Å². The van der Waals surface area contributed by atoms with Crippen LogP contribution in [-0.2, 0) is 20.7 Å². The third-order valence-corrected chi connectivity index (χ3v) is 7.73. The standard InChI is InChI=1S/C31H35N3O8/c1-3-41-17-26(37)34(10-8-20-14-19-6-4-5-7-23(19)33-20)24-15-22(31(39)32-9-11-35)27-21-12-18(16-36)13-25(40-2)29(21)42-30(27)28(24)38/h4-7,12-16,24,27-28,30,33,35,38H,3,8-11,17H2,1-2H3,(H,32,39). The number of aliphatic hydroxyl groups is 2. The third-order valence-electron chi connectivity index (χ3n) is 7.73. The fourth-order valence-corrected chi connectivity index (χ4v) is 5.78. The van der Waals surface area contributed by atoms with Crippen molar-refractivity contribution in [1.82, 2.24) is 15.2 Å². The highest BCUT2D eigenvalue weighted by Crippen LogP contribution is 2.51. The van der Waals surface area contributed by atoms with Gasteiger partial charge in [-0.15, -0.1) is 0 Å². The van der Waals surface area contributed by atoms with Gasteiger partial charge in [-0.2, -0.15) is 0 Å². The predicted octanol–water partition coefficient (Wildman–Crippen LogP) is 1.72. The van der Waals surface area contributed by atoms with E-state index < -0.39 is 30.1 Å². The first-order valence-electron chi connectivity index (χ1n) is 14.0. The Bertz CT molecular complexity index is 1470. The van der Waals surface area contributed by atoms with Crippen molar-refractivity contribution in [3.05, 3.63) is 70.9 Å². The van der Waals surface area contributed by atoms with E-state index in [9.17, 15) is 24.6 Å². The lowest BCUT2D eigenvalue weighted by Crippen LogP contribution is -2.56. The molecule has 1 aliphatic heterocycles. The Labute approximate surface area is 243 Å². The number of carbonyl (C=O) groups excluding carboxylic acids is 3. The number of aldehydes is 1. The molecule has 0 spiro atoms. The first-order valence-corrected chi connectivity index (χ1v) is 14.0. The number of fused-ring (bicyclic) bond motifs is 4. The zero-order chi connectivity index (χ0) is 29.8. The zero-order valence-corrected chi connectivity index (χ0v) is 23.5. The summed E-state index contributed by atoms with van der Waals surface area (Å²) >= 11 is 0. The summed E-state index contributed by atoms with van der Waals surface area (Å²) in [5.41, 5.74) is 2.99. The Balaban J connectivity index is 1.53. The molecule has 0 fully saturated rings. The number of H-pyrrole nitrogens is 1. The number of para-hydroxylation sites is 1. The Morgan fingerprint density at radius 2 is 2.02 bits per heavy atom. The first-order chi connectivity index (χ1) is 20.4.